The molecule has 0 spiro atoms. The van der Waals surface area contributed by atoms with Gasteiger partial charge in [-0.3, -0.25) is 4.90 Å². The van der Waals surface area contributed by atoms with Crippen molar-refractivity contribution in [3.8, 4) is 17.2 Å². The minimum Gasteiger partial charge on any atom is -0.493 e. The Labute approximate surface area is 170 Å². The van der Waals surface area contributed by atoms with Gasteiger partial charge in [0.05, 0.1) is 37.4 Å². The molecule has 0 saturated carbocycles. The van der Waals surface area contributed by atoms with Crippen molar-refractivity contribution in [1.82, 2.24) is 10.2 Å². The van der Waals surface area contributed by atoms with Crippen LogP contribution in [0.2, 0.25) is 10.0 Å². The molecule has 1 fully saturated rings. The molecule has 1 N–H and O–H groups in total. The van der Waals surface area contributed by atoms with Gasteiger partial charge in [-0.1, -0.05) is 29.3 Å². The molecule has 2 aromatic carbocycles. The Morgan fingerprint density at radius 3 is 2.19 bits per heavy atom. The molecule has 0 aromatic heterocycles. The highest BCUT2D eigenvalue weighted by molar-refractivity contribution is 6.42. The molecule has 3 rings (SSSR count). The summed E-state index contributed by atoms with van der Waals surface area (Å²) in [6.07, 6.45) is 0. The van der Waals surface area contributed by atoms with Gasteiger partial charge in [0.2, 0.25) is 5.75 Å². The summed E-state index contributed by atoms with van der Waals surface area (Å²) in [5, 5.41) is 4.47. The average molecular weight is 411 g/mol. The second-order valence-electron chi connectivity index (χ2n) is 6.29. The minimum atomic E-state index is -0.0448. The largest absolute Gasteiger partial charge is 0.493 e. The maximum atomic E-state index is 6.33. The van der Waals surface area contributed by atoms with Crippen LogP contribution >= 0.6 is 23.2 Å². The molecule has 0 bridgehead atoms. The smallest absolute Gasteiger partial charge is 0.203 e. The van der Waals surface area contributed by atoms with Crippen molar-refractivity contribution in [3.05, 3.63) is 51.5 Å². The summed E-state index contributed by atoms with van der Waals surface area (Å²) in [4.78, 5) is 2.40. The summed E-state index contributed by atoms with van der Waals surface area (Å²) in [7, 11) is 4.87. The van der Waals surface area contributed by atoms with Crippen LogP contribution in [0.15, 0.2) is 30.3 Å². The lowest BCUT2D eigenvalue weighted by molar-refractivity contribution is 0.194. The maximum Gasteiger partial charge on any atom is 0.203 e. The number of ether oxygens (including phenoxy) is 3. The van der Waals surface area contributed by atoms with Gasteiger partial charge in [-0.2, -0.15) is 0 Å². The zero-order valence-corrected chi connectivity index (χ0v) is 17.2. The van der Waals surface area contributed by atoms with E-state index in [1.165, 1.54) is 0 Å². The number of piperazine rings is 1. The van der Waals surface area contributed by atoms with E-state index >= 15 is 0 Å². The van der Waals surface area contributed by atoms with Crippen LogP contribution in [0, 0.1) is 0 Å². The molecule has 7 heteroatoms. The summed E-state index contributed by atoms with van der Waals surface area (Å²) < 4.78 is 16.8. The number of hydrogen-bond donors (Lipinski definition) is 1. The van der Waals surface area contributed by atoms with Crippen molar-refractivity contribution in [2.75, 3.05) is 47.5 Å². The predicted octanol–water partition coefficient (Wildman–Crippen LogP) is 4.01. The van der Waals surface area contributed by atoms with Crippen LogP contribution in [-0.2, 0) is 0 Å². The summed E-state index contributed by atoms with van der Waals surface area (Å²) in [5.41, 5.74) is 2.05. The molecule has 1 aliphatic heterocycles. The van der Waals surface area contributed by atoms with E-state index in [0.717, 1.165) is 37.3 Å². The van der Waals surface area contributed by atoms with Crippen LogP contribution in [0.3, 0.4) is 0 Å². The van der Waals surface area contributed by atoms with Crippen LogP contribution in [-0.4, -0.2) is 52.4 Å². The van der Waals surface area contributed by atoms with Crippen molar-refractivity contribution in [2.24, 2.45) is 0 Å². The lowest BCUT2D eigenvalue weighted by Crippen LogP contribution is -2.45. The maximum absolute atomic E-state index is 6.33. The number of nitrogens with zero attached hydrogens (tertiary/aromatic N) is 1. The topological polar surface area (TPSA) is 43.0 Å². The Hall–Kier alpha value is -1.66. The van der Waals surface area contributed by atoms with E-state index in [1.54, 1.807) is 21.3 Å². The molecule has 1 heterocycles. The summed E-state index contributed by atoms with van der Waals surface area (Å²) in [6, 6.07) is 9.65. The minimum absolute atomic E-state index is 0.0448. The van der Waals surface area contributed by atoms with Gasteiger partial charge < -0.3 is 19.5 Å². The van der Waals surface area contributed by atoms with E-state index in [-0.39, 0.29) is 6.04 Å². The molecule has 146 valence electrons. The number of nitrogens with one attached hydrogen (secondary N) is 1. The van der Waals surface area contributed by atoms with Gasteiger partial charge in [-0.05, 0) is 29.8 Å². The van der Waals surface area contributed by atoms with Crippen molar-refractivity contribution in [2.45, 2.75) is 6.04 Å². The van der Waals surface area contributed by atoms with E-state index in [1.807, 2.05) is 30.3 Å². The van der Waals surface area contributed by atoms with E-state index in [0.29, 0.717) is 27.3 Å². The standard InChI is InChI=1S/C20H24Cl2N2O3/c1-25-17-7-5-14(19(26-2)20(17)27-3)18(24-10-8-23-9-11-24)13-4-6-15(21)16(22)12-13/h4-7,12,18,23H,8-11H2,1-3H3. The predicted molar refractivity (Wildman–Crippen MR) is 109 cm³/mol. The molecule has 1 saturated heterocycles. The highest BCUT2D eigenvalue weighted by Crippen LogP contribution is 2.45. The first-order valence-electron chi connectivity index (χ1n) is 8.79. The second kappa shape index (κ2) is 9.02. The molecule has 1 aliphatic rings. The molecule has 0 aliphatic carbocycles. The zero-order valence-electron chi connectivity index (χ0n) is 15.7. The molecule has 0 radical (unpaired) electrons. The fourth-order valence-electron chi connectivity index (χ4n) is 3.55. The summed E-state index contributed by atoms with van der Waals surface area (Å²) in [6.45, 7) is 3.66. The van der Waals surface area contributed by atoms with Crippen LogP contribution in [0.5, 0.6) is 17.2 Å². The number of methoxy groups -OCH3 is 3. The van der Waals surface area contributed by atoms with Crippen molar-refractivity contribution >= 4 is 23.2 Å². The highest BCUT2D eigenvalue weighted by atomic mass is 35.5. The summed E-state index contributed by atoms with van der Waals surface area (Å²) in [5.74, 6) is 1.87. The van der Waals surface area contributed by atoms with E-state index in [4.69, 9.17) is 37.4 Å². The zero-order chi connectivity index (χ0) is 19.4. The Morgan fingerprint density at radius 2 is 1.59 bits per heavy atom. The third-order valence-electron chi connectivity index (χ3n) is 4.81. The van der Waals surface area contributed by atoms with Crippen molar-refractivity contribution in [3.63, 3.8) is 0 Å². The third kappa shape index (κ3) is 4.11. The lowest BCUT2D eigenvalue weighted by atomic mass is 9.95. The molecule has 0 amide bonds. The Balaban J connectivity index is 2.16. The van der Waals surface area contributed by atoms with Gasteiger partial charge in [-0.15, -0.1) is 0 Å². The Morgan fingerprint density at radius 1 is 0.889 bits per heavy atom. The molecule has 2 aromatic rings. The van der Waals surface area contributed by atoms with Crippen LogP contribution in [0.25, 0.3) is 0 Å². The van der Waals surface area contributed by atoms with Gasteiger partial charge in [0.25, 0.3) is 0 Å². The molecule has 27 heavy (non-hydrogen) atoms. The van der Waals surface area contributed by atoms with Gasteiger partial charge in [0, 0.05) is 31.7 Å². The fraction of sp³-hybridized carbons (Fsp3) is 0.400. The molecule has 1 atom stereocenters. The van der Waals surface area contributed by atoms with Gasteiger partial charge in [0.15, 0.2) is 11.5 Å². The Kier molecular flexibility index (Phi) is 6.71. The quantitative estimate of drug-likeness (QED) is 0.778. The second-order valence-corrected chi connectivity index (χ2v) is 7.10. The van der Waals surface area contributed by atoms with Gasteiger partial charge >= 0.3 is 0 Å². The number of halogens is 2. The highest BCUT2D eigenvalue weighted by Gasteiger charge is 2.29. The first-order valence-corrected chi connectivity index (χ1v) is 9.54. The van der Waals surface area contributed by atoms with E-state index in [9.17, 15) is 0 Å². The number of benzene rings is 2. The third-order valence-corrected chi connectivity index (χ3v) is 5.54. The first-order chi connectivity index (χ1) is 13.1. The van der Waals surface area contributed by atoms with Crippen LogP contribution < -0.4 is 19.5 Å². The Bertz CT molecular complexity index is 795. The van der Waals surface area contributed by atoms with E-state index in [2.05, 4.69) is 10.2 Å². The van der Waals surface area contributed by atoms with Gasteiger partial charge in [-0.25, -0.2) is 0 Å². The van der Waals surface area contributed by atoms with Gasteiger partial charge in [0.1, 0.15) is 0 Å². The van der Waals surface area contributed by atoms with Crippen molar-refractivity contribution < 1.29 is 14.2 Å². The normalized spacial score (nSPS) is 16.0. The fourth-order valence-corrected chi connectivity index (χ4v) is 3.86. The SMILES string of the molecule is COc1ccc(C(c2ccc(Cl)c(Cl)c2)N2CCNCC2)c(OC)c1OC. The first kappa shape index (κ1) is 20.1. The monoisotopic (exact) mass is 410 g/mol. The van der Waals surface area contributed by atoms with Crippen LogP contribution in [0.1, 0.15) is 17.2 Å². The average Bonchev–Trinajstić information content (AvgIpc) is 2.71. The van der Waals surface area contributed by atoms with Crippen LogP contribution in [0.4, 0.5) is 0 Å². The number of hydrogen-bond acceptors (Lipinski definition) is 5. The molecular formula is C20H24Cl2N2O3. The number of rotatable bonds is 6. The molecule has 1 unspecified atom stereocenters. The lowest BCUT2D eigenvalue weighted by Gasteiger charge is -2.36. The van der Waals surface area contributed by atoms with E-state index < -0.39 is 0 Å². The molecule has 5 nitrogen and oxygen atoms in total. The summed E-state index contributed by atoms with van der Waals surface area (Å²) >= 11 is 12.5. The van der Waals surface area contributed by atoms with Crippen molar-refractivity contribution in [1.29, 1.82) is 0 Å². The molecular weight excluding hydrogens is 387 g/mol.